The van der Waals surface area contributed by atoms with Crippen LogP contribution in [0.3, 0.4) is 0 Å². The van der Waals surface area contributed by atoms with E-state index in [1.54, 1.807) is 10.4 Å². The van der Waals surface area contributed by atoms with E-state index in [4.69, 9.17) is 9.97 Å². The van der Waals surface area contributed by atoms with Crippen molar-refractivity contribution in [1.82, 2.24) is 19.8 Å². The van der Waals surface area contributed by atoms with Crippen molar-refractivity contribution >= 4 is 27.4 Å². The van der Waals surface area contributed by atoms with E-state index >= 15 is 0 Å². The predicted octanol–water partition coefficient (Wildman–Crippen LogP) is 4.71. The molecule has 2 aromatic heterocycles. The lowest BCUT2D eigenvalue weighted by molar-refractivity contribution is 0.214. The van der Waals surface area contributed by atoms with Gasteiger partial charge in [0.1, 0.15) is 16.5 Å². The Morgan fingerprint density at radius 3 is 2.50 bits per heavy atom. The first-order valence-corrected chi connectivity index (χ1v) is 13.3. The fourth-order valence-electron chi connectivity index (χ4n) is 4.95. The molecule has 0 spiro atoms. The Morgan fingerprint density at radius 2 is 1.78 bits per heavy atom. The minimum atomic E-state index is 0.925. The van der Waals surface area contributed by atoms with Gasteiger partial charge in [0.15, 0.2) is 0 Å². The van der Waals surface area contributed by atoms with Gasteiger partial charge >= 0.3 is 0 Å². The number of nitrogens with zero attached hydrogens (tertiary/aromatic N) is 5. The SMILES string of the molecule is C=CCN(CC=C)CCN1CCN(c2nc(CCCC)nc3sc4c(c23)CCCC4)CC1. The Bertz CT molecular complexity index is 903. The summed E-state index contributed by atoms with van der Waals surface area (Å²) >= 11 is 1.94. The van der Waals surface area contributed by atoms with Crippen LogP contribution in [0.15, 0.2) is 25.3 Å². The maximum Gasteiger partial charge on any atom is 0.141 e. The lowest BCUT2D eigenvalue weighted by atomic mass is 9.97. The number of aryl methyl sites for hydroxylation is 3. The summed E-state index contributed by atoms with van der Waals surface area (Å²) in [6, 6.07) is 0. The van der Waals surface area contributed by atoms with Gasteiger partial charge in [0.2, 0.25) is 0 Å². The van der Waals surface area contributed by atoms with Crippen LogP contribution in [-0.2, 0) is 19.3 Å². The summed E-state index contributed by atoms with van der Waals surface area (Å²) < 4.78 is 0. The first kappa shape index (κ1) is 23.4. The number of unbranched alkanes of at least 4 members (excludes halogenated alkanes) is 1. The number of rotatable bonds is 11. The van der Waals surface area contributed by atoms with Gasteiger partial charge in [-0.05, 0) is 37.7 Å². The standard InChI is InChI=1S/C26H39N5S/c1-4-7-12-23-27-25(24-21-10-8-9-11-22(21)32-26(24)28-23)31-19-17-30(18-20-31)16-15-29(13-5-2)14-6-3/h5-6H,2-4,7-20H2,1H3. The number of hydrogen-bond donors (Lipinski definition) is 0. The van der Waals surface area contributed by atoms with Crippen LogP contribution in [0.2, 0.25) is 0 Å². The minimum absolute atomic E-state index is 0.925. The highest BCUT2D eigenvalue weighted by Gasteiger charge is 2.26. The lowest BCUT2D eigenvalue weighted by Gasteiger charge is -2.36. The van der Waals surface area contributed by atoms with E-state index < -0.39 is 0 Å². The Balaban J connectivity index is 1.49. The zero-order valence-electron chi connectivity index (χ0n) is 19.8. The summed E-state index contributed by atoms with van der Waals surface area (Å²) in [6.45, 7) is 18.3. The van der Waals surface area contributed by atoms with Gasteiger partial charge < -0.3 is 4.90 Å². The van der Waals surface area contributed by atoms with Crippen LogP contribution in [0.25, 0.3) is 10.2 Å². The van der Waals surface area contributed by atoms with Crippen molar-refractivity contribution in [2.45, 2.75) is 51.9 Å². The normalized spacial score (nSPS) is 17.1. The van der Waals surface area contributed by atoms with E-state index in [0.717, 1.165) is 71.0 Å². The van der Waals surface area contributed by atoms with E-state index in [-0.39, 0.29) is 0 Å². The molecule has 3 heterocycles. The maximum absolute atomic E-state index is 5.16. The van der Waals surface area contributed by atoms with Crippen LogP contribution >= 0.6 is 11.3 Å². The summed E-state index contributed by atoms with van der Waals surface area (Å²) in [5.74, 6) is 2.26. The van der Waals surface area contributed by atoms with E-state index in [1.807, 2.05) is 23.5 Å². The second kappa shape index (κ2) is 11.4. The molecule has 0 amide bonds. The zero-order chi connectivity index (χ0) is 22.3. The average Bonchev–Trinajstić information content (AvgIpc) is 3.20. The van der Waals surface area contributed by atoms with Crippen molar-refractivity contribution < 1.29 is 0 Å². The molecule has 4 rings (SSSR count). The van der Waals surface area contributed by atoms with E-state index in [9.17, 15) is 0 Å². The minimum Gasteiger partial charge on any atom is -0.353 e. The number of aromatic nitrogens is 2. The third-order valence-corrected chi connectivity index (χ3v) is 7.96. The Hall–Kier alpha value is -1.76. The lowest BCUT2D eigenvalue weighted by Crippen LogP contribution is -2.49. The molecular weight excluding hydrogens is 414 g/mol. The molecule has 1 fully saturated rings. The molecule has 0 radical (unpaired) electrons. The second-order valence-corrected chi connectivity index (χ2v) is 10.2. The maximum atomic E-state index is 5.16. The largest absolute Gasteiger partial charge is 0.353 e. The first-order chi connectivity index (χ1) is 15.7. The molecule has 6 heteroatoms. The summed E-state index contributed by atoms with van der Waals surface area (Å²) in [5.41, 5.74) is 1.56. The monoisotopic (exact) mass is 453 g/mol. The molecule has 1 aliphatic carbocycles. The molecule has 32 heavy (non-hydrogen) atoms. The highest BCUT2D eigenvalue weighted by molar-refractivity contribution is 7.19. The van der Waals surface area contributed by atoms with Crippen molar-refractivity contribution in [3.63, 3.8) is 0 Å². The van der Waals surface area contributed by atoms with Crippen molar-refractivity contribution in [3.05, 3.63) is 41.6 Å². The Labute approximate surface area is 197 Å². The van der Waals surface area contributed by atoms with Crippen LogP contribution in [0, 0.1) is 0 Å². The molecule has 0 unspecified atom stereocenters. The number of piperazine rings is 1. The van der Waals surface area contributed by atoms with Crippen molar-refractivity contribution in [1.29, 1.82) is 0 Å². The zero-order valence-corrected chi connectivity index (χ0v) is 20.6. The molecule has 2 aromatic rings. The van der Waals surface area contributed by atoms with Crippen LogP contribution < -0.4 is 4.90 Å². The van der Waals surface area contributed by atoms with Crippen molar-refractivity contribution in [2.75, 3.05) is 57.3 Å². The van der Waals surface area contributed by atoms with Crippen LogP contribution in [0.1, 0.15) is 48.9 Å². The molecule has 0 saturated carbocycles. The van der Waals surface area contributed by atoms with Crippen molar-refractivity contribution in [2.24, 2.45) is 0 Å². The quantitative estimate of drug-likeness (QED) is 0.461. The number of hydrogen-bond acceptors (Lipinski definition) is 6. The molecule has 174 valence electrons. The number of fused-ring (bicyclic) bond motifs is 3. The molecule has 0 bridgehead atoms. The van der Waals surface area contributed by atoms with Crippen LogP contribution in [-0.4, -0.2) is 72.1 Å². The molecule has 0 N–H and O–H groups in total. The highest BCUT2D eigenvalue weighted by atomic mass is 32.1. The summed E-state index contributed by atoms with van der Waals surface area (Å²) in [6.07, 6.45) is 12.3. The smallest absolute Gasteiger partial charge is 0.141 e. The molecular formula is C26H39N5S. The summed E-state index contributed by atoms with van der Waals surface area (Å²) in [5, 5.41) is 1.38. The summed E-state index contributed by atoms with van der Waals surface area (Å²) in [7, 11) is 0. The van der Waals surface area contributed by atoms with E-state index in [0.29, 0.717) is 0 Å². The van der Waals surface area contributed by atoms with Gasteiger partial charge in [-0.2, -0.15) is 0 Å². The van der Waals surface area contributed by atoms with E-state index in [2.05, 4.69) is 34.8 Å². The predicted molar refractivity (Wildman–Crippen MR) is 138 cm³/mol. The van der Waals surface area contributed by atoms with E-state index in [1.165, 1.54) is 48.1 Å². The van der Waals surface area contributed by atoms with Gasteiger partial charge in [0.25, 0.3) is 0 Å². The molecule has 1 saturated heterocycles. The van der Waals surface area contributed by atoms with Gasteiger partial charge in [0.05, 0.1) is 5.39 Å². The third-order valence-electron chi connectivity index (χ3n) is 6.77. The van der Waals surface area contributed by atoms with Crippen LogP contribution in [0.5, 0.6) is 0 Å². The fourth-order valence-corrected chi connectivity index (χ4v) is 6.22. The number of thiophene rings is 1. The van der Waals surface area contributed by atoms with Gasteiger partial charge in [-0.3, -0.25) is 9.80 Å². The first-order valence-electron chi connectivity index (χ1n) is 12.5. The van der Waals surface area contributed by atoms with Gasteiger partial charge in [-0.25, -0.2) is 9.97 Å². The molecule has 2 aliphatic rings. The molecule has 5 nitrogen and oxygen atoms in total. The number of anilines is 1. The van der Waals surface area contributed by atoms with Crippen molar-refractivity contribution in [3.8, 4) is 0 Å². The molecule has 0 atom stereocenters. The fraction of sp³-hybridized carbons (Fsp3) is 0.615. The molecule has 1 aliphatic heterocycles. The molecule has 0 aromatic carbocycles. The van der Waals surface area contributed by atoms with Gasteiger partial charge in [-0.1, -0.05) is 25.5 Å². The van der Waals surface area contributed by atoms with Gasteiger partial charge in [0, 0.05) is 63.7 Å². The van der Waals surface area contributed by atoms with Crippen LogP contribution in [0.4, 0.5) is 5.82 Å². The average molecular weight is 454 g/mol. The highest BCUT2D eigenvalue weighted by Crippen LogP contribution is 2.40. The Morgan fingerprint density at radius 1 is 1.03 bits per heavy atom. The second-order valence-electron chi connectivity index (χ2n) is 9.12. The topological polar surface area (TPSA) is 35.5 Å². The van der Waals surface area contributed by atoms with Gasteiger partial charge in [-0.15, -0.1) is 24.5 Å². The third kappa shape index (κ3) is 5.41. The Kier molecular flexibility index (Phi) is 8.33. The summed E-state index contributed by atoms with van der Waals surface area (Å²) in [4.78, 5) is 20.5.